The SMILES string of the molecule is COC(=O)c1ccc([C@H]2/C(=C(/O)c3ccc4c(c3)OCCO4)C(=O)C(=O)N2CCCN(C)C)cc1. The molecule has 2 heterocycles. The predicted molar refractivity (Wildman–Crippen MR) is 127 cm³/mol. The zero-order chi connectivity index (χ0) is 25.1. The van der Waals surface area contributed by atoms with Gasteiger partial charge in [0, 0.05) is 12.1 Å². The number of ether oxygens (including phenoxy) is 3. The summed E-state index contributed by atoms with van der Waals surface area (Å²) in [5.41, 5.74) is 1.27. The quantitative estimate of drug-likeness (QED) is 0.279. The molecule has 1 fully saturated rings. The summed E-state index contributed by atoms with van der Waals surface area (Å²) in [6.45, 7) is 1.85. The van der Waals surface area contributed by atoms with Gasteiger partial charge < -0.3 is 29.1 Å². The van der Waals surface area contributed by atoms with Gasteiger partial charge in [0.2, 0.25) is 0 Å². The number of carbonyl (C=O) groups excluding carboxylic acids is 3. The number of fused-ring (bicyclic) bond motifs is 1. The summed E-state index contributed by atoms with van der Waals surface area (Å²) in [6.07, 6.45) is 0.640. The average Bonchev–Trinajstić information content (AvgIpc) is 3.12. The molecule has 1 atom stereocenters. The van der Waals surface area contributed by atoms with Crippen LogP contribution < -0.4 is 9.47 Å². The van der Waals surface area contributed by atoms with Crippen molar-refractivity contribution in [3.63, 3.8) is 0 Å². The zero-order valence-electron chi connectivity index (χ0n) is 19.9. The number of likely N-dealkylation sites (tertiary alicyclic amines) is 1. The minimum absolute atomic E-state index is 0.0117. The van der Waals surface area contributed by atoms with Crippen molar-refractivity contribution in [1.82, 2.24) is 9.80 Å². The molecule has 184 valence electrons. The summed E-state index contributed by atoms with van der Waals surface area (Å²) in [5, 5.41) is 11.3. The van der Waals surface area contributed by atoms with E-state index in [1.807, 2.05) is 19.0 Å². The number of ketones is 1. The molecule has 2 aromatic carbocycles. The summed E-state index contributed by atoms with van der Waals surface area (Å²) in [7, 11) is 5.15. The van der Waals surface area contributed by atoms with E-state index < -0.39 is 23.7 Å². The van der Waals surface area contributed by atoms with Crippen LogP contribution in [0.1, 0.15) is 33.9 Å². The van der Waals surface area contributed by atoms with Crippen LogP contribution in [0.25, 0.3) is 5.76 Å². The van der Waals surface area contributed by atoms with Gasteiger partial charge in [-0.25, -0.2) is 4.79 Å². The monoisotopic (exact) mass is 480 g/mol. The number of benzene rings is 2. The molecule has 1 amide bonds. The summed E-state index contributed by atoms with van der Waals surface area (Å²) in [6, 6.07) is 10.6. The van der Waals surface area contributed by atoms with Gasteiger partial charge in [0.05, 0.1) is 24.3 Å². The lowest BCUT2D eigenvalue weighted by Gasteiger charge is -2.26. The maximum absolute atomic E-state index is 13.2. The van der Waals surface area contributed by atoms with Gasteiger partial charge in [0.25, 0.3) is 11.7 Å². The number of carbonyl (C=O) groups is 3. The highest BCUT2D eigenvalue weighted by molar-refractivity contribution is 6.46. The summed E-state index contributed by atoms with van der Waals surface area (Å²) in [4.78, 5) is 41.6. The number of hydrogen-bond donors (Lipinski definition) is 1. The largest absolute Gasteiger partial charge is 0.507 e. The molecule has 4 rings (SSSR count). The second kappa shape index (κ2) is 10.2. The zero-order valence-corrected chi connectivity index (χ0v) is 19.9. The van der Waals surface area contributed by atoms with Gasteiger partial charge in [0.1, 0.15) is 19.0 Å². The fourth-order valence-corrected chi connectivity index (χ4v) is 4.28. The van der Waals surface area contributed by atoms with Crippen molar-refractivity contribution in [3.05, 3.63) is 64.7 Å². The molecular formula is C26H28N2O7. The first-order chi connectivity index (χ1) is 16.8. The van der Waals surface area contributed by atoms with Gasteiger partial charge in [-0.1, -0.05) is 12.1 Å². The first-order valence-corrected chi connectivity index (χ1v) is 11.3. The molecule has 0 aromatic heterocycles. The topological polar surface area (TPSA) is 106 Å². The van der Waals surface area contributed by atoms with E-state index in [2.05, 4.69) is 0 Å². The fraction of sp³-hybridized carbons (Fsp3) is 0.346. The Kier molecular flexibility index (Phi) is 7.07. The Labute approximate surface area is 203 Å². The number of nitrogens with zero attached hydrogens (tertiary/aromatic N) is 2. The van der Waals surface area contributed by atoms with E-state index in [0.717, 1.165) is 6.54 Å². The van der Waals surface area contributed by atoms with Crippen molar-refractivity contribution < 1.29 is 33.7 Å². The Balaban J connectivity index is 1.77. The molecule has 0 radical (unpaired) electrons. The van der Waals surface area contributed by atoms with Crippen molar-refractivity contribution in [2.75, 3.05) is 47.5 Å². The third-order valence-corrected chi connectivity index (χ3v) is 6.01. The number of Topliss-reactive ketones (excluding diaryl/α,β-unsaturated/α-hetero) is 1. The predicted octanol–water partition coefficient (Wildman–Crippen LogP) is 2.62. The maximum atomic E-state index is 13.2. The molecule has 35 heavy (non-hydrogen) atoms. The van der Waals surface area contributed by atoms with Gasteiger partial charge in [-0.3, -0.25) is 9.59 Å². The number of methoxy groups -OCH3 is 1. The molecule has 1 saturated heterocycles. The van der Waals surface area contributed by atoms with Gasteiger partial charge in [-0.05, 0) is 63.0 Å². The normalized spacial score (nSPS) is 18.7. The van der Waals surface area contributed by atoms with Crippen LogP contribution in [-0.2, 0) is 14.3 Å². The maximum Gasteiger partial charge on any atom is 0.337 e. The van der Waals surface area contributed by atoms with Crippen molar-refractivity contribution in [2.45, 2.75) is 12.5 Å². The van der Waals surface area contributed by atoms with Crippen LogP contribution in [-0.4, -0.2) is 80.1 Å². The van der Waals surface area contributed by atoms with Crippen LogP contribution in [0.4, 0.5) is 0 Å². The Bertz CT molecular complexity index is 1170. The number of hydrogen-bond acceptors (Lipinski definition) is 8. The van der Waals surface area contributed by atoms with Crippen molar-refractivity contribution in [3.8, 4) is 11.5 Å². The van der Waals surface area contributed by atoms with Crippen LogP contribution in [0.3, 0.4) is 0 Å². The third kappa shape index (κ3) is 4.85. The van der Waals surface area contributed by atoms with Crippen LogP contribution in [0.5, 0.6) is 11.5 Å². The van der Waals surface area contributed by atoms with Crippen LogP contribution in [0, 0.1) is 0 Å². The number of aliphatic hydroxyl groups excluding tert-OH is 1. The molecule has 9 nitrogen and oxygen atoms in total. The van der Waals surface area contributed by atoms with Crippen molar-refractivity contribution in [1.29, 1.82) is 0 Å². The molecule has 2 aromatic rings. The molecule has 9 heteroatoms. The molecule has 0 bridgehead atoms. The molecule has 2 aliphatic rings. The Morgan fingerprint density at radius 3 is 2.37 bits per heavy atom. The molecule has 0 unspecified atom stereocenters. The molecule has 0 saturated carbocycles. The first kappa shape index (κ1) is 24.3. The van der Waals surface area contributed by atoms with Crippen LogP contribution >= 0.6 is 0 Å². The minimum Gasteiger partial charge on any atom is -0.507 e. The highest BCUT2D eigenvalue weighted by atomic mass is 16.6. The number of aliphatic hydroxyl groups is 1. The third-order valence-electron chi connectivity index (χ3n) is 6.01. The summed E-state index contributed by atoms with van der Waals surface area (Å²) in [5.74, 6) is -1.22. The van der Waals surface area contributed by atoms with Gasteiger partial charge >= 0.3 is 5.97 Å². The highest BCUT2D eigenvalue weighted by Gasteiger charge is 2.45. The van der Waals surface area contributed by atoms with E-state index in [1.54, 1.807) is 42.5 Å². The second-order valence-corrected chi connectivity index (χ2v) is 8.62. The fourth-order valence-electron chi connectivity index (χ4n) is 4.28. The number of amides is 1. The lowest BCUT2D eigenvalue weighted by molar-refractivity contribution is -0.139. The van der Waals surface area contributed by atoms with E-state index in [4.69, 9.17) is 14.2 Å². The van der Waals surface area contributed by atoms with E-state index in [1.165, 1.54) is 12.0 Å². The first-order valence-electron chi connectivity index (χ1n) is 11.3. The Hall–Kier alpha value is -3.85. The molecule has 0 spiro atoms. The smallest absolute Gasteiger partial charge is 0.337 e. The lowest BCUT2D eigenvalue weighted by atomic mass is 9.94. The summed E-state index contributed by atoms with van der Waals surface area (Å²) >= 11 is 0. The molecular weight excluding hydrogens is 452 g/mol. The Morgan fingerprint density at radius 2 is 1.71 bits per heavy atom. The number of rotatable bonds is 7. The molecule has 2 aliphatic heterocycles. The average molecular weight is 481 g/mol. The molecule has 0 aliphatic carbocycles. The van der Waals surface area contributed by atoms with Crippen LogP contribution in [0.15, 0.2) is 48.0 Å². The lowest BCUT2D eigenvalue weighted by Crippen LogP contribution is -2.32. The van der Waals surface area contributed by atoms with E-state index in [9.17, 15) is 19.5 Å². The van der Waals surface area contributed by atoms with Crippen molar-refractivity contribution >= 4 is 23.4 Å². The second-order valence-electron chi connectivity index (χ2n) is 8.62. The highest BCUT2D eigenvalue weighted by Crippen LogP contribution is 2.41. The number of esters is 1. The minimum atomic E-state index is -0.808. The van der Waals surface area contributed by atoms with Crippen molar-refractivity contribution in [2.24, 2.45) is 0 Å². The van der Waals surface area contributed by atoms with Gasteiger partial charge in [0.15, 0.2) is 11.5 Å². The van der Waals surface area contributed by atoms with Crippen LogP contribution in [0.2, 0.25) is 0 Å². The Morgan fingerprint density at radius 1 is 1.06 bits per heavy atom. The standard InChI is InChI=1S/C26H28N2O7/c1-27(2)11-4-12-28-22(16-5-7-17(8-6-16)26(32)33-3)21(24(30)25(28)31)23(29)18-9-10-19-20(15-18)35-14-13-34-19/h5-10,15,22,29H,4,11-14H2,1-3H3/b23-21-/t22-/m0/s1. The van der Waals surface area contributed by atoms with E-state index in [0.29, 0.717) is 54.4 Å². The van der Waals surface area contributed by atoms with E-state index in [-0.39, 0.29) is 11.3 Å². The summed E-state index contributed by atoms with van der Waals surface area (Å²) < 4.78 is 15.9. The van der Waals surface area contributed by atoms with Gasteiger partial charge in [-0.2, -0.15) is 0 Å². The van der Waals surface area contributed by atoms with Gasteiger partial charge in [-0.15, -0.1) is 0 Å². The van der Waals surface area contributed by atoms with E-state index >= 15 is 0 Å². The molecule has 1 N–H and O–H groups in total.